The monoisotopic (exact) mass is 265 g/mol. The standard InChI is InChI=1S/C11H23NO4S/c1-3-4-5-6-7-8-11(13)16-17(14,15)10-9-12-2/h12H,3-10H2,1-2H3. The van der Waals surface area contributed by atoms with Gasteiger partial charge in [-0.1, -0.05) is 32.6 Å². The van der Waals surface area contributed by atoms with E-state index in [-0.39, 0.29) is 18.7 Å². The van der Waals surface area contributed by atoms with Crippen LogP contribution in [-0.4, -0.2) is 33.7 Å². The molecule has 0 fully saturated rings. The first kappa shape index (κ1) is 16.4. The van der Waals surface area contributed by atoms with Crippen molar-refractivity contribution in [1.82, 2.24) is 5.32 Å². The third-order valence-corrected chi connectivity index (χ3v) is 3.45. The molecule has 0 aliphatic carbocycles. The molecule has 0 aromatic carbocycles. The Balaban J connectivity index is 3.70. The van der Waals surface area contributed by atoms with Gasteiger partial charge in [0.1, 0.15) is 0 Å². The van der Waals surface area contributed by atoms with Crippen LogP contribution in [0.1, 0.15) is 45.4 Å². The second-order valence-electron chi connectivity index (χ2n) is 3.98. The van der Waals surface area contributed by atoms with Crippen LogP contribution in [0.25, 0.3) is 0 Å². The quantitative estimate of drug-likeness (QED) is 0.478. The minimum Gasteiger partial charge on any atom is -0.346 e. The van der Waals surface area contributed by atoms with Crippen LogP contribution in [0.15, 0.2) is 0 Å². The van der Waals surface area contributed by atoms with E-state index >= 15 is 0 Å². The smallest absolute Gasteiger partial charge is 0.322 e. The van der Waals surface area contributed by atoms with Gasteiger partial charge in [-0.25, -0.2) is 0 Å². The minimum absolute atomic E-state index is 0.176. The largest absolute Gasteiger partial charge is 0.346 e. The molecule has 6 heteroatoms. The van der Waals surface area contributed by atoms with Gasteiger partial charge in [0, 0.05) is 13.0 Å². The Kier molecular flexibility index (Phi) is 9.07. The van der Waals surface area contributed by atoms with Crippen LogP contribution in [0.2, 0.25) is 0 Å². The molecule has 1 N–H and O–H groups in total. The molecule has 0 saturated heterocycles. The van der Waals surface area contributed by atoms with Gasteiger partial charge in [0.15, 0.2) is 0 Å². The number of carbonyl (C=O) groups excluding carboxylic acids is 1. The van der Waals surface area contributed by atoms with Gasteiger partial charge in [0.2, 0.25) is 0 Å². The van der Waals surface area contributed by atoms with Crippen molar-refractivity contribution in [3.63, 3.8) is 0 Å². The van der Waals surface area contributed by atoms with Crippen molar-refractivity contribution in [2.75, 3.05) is 19.3 Å². The molecule has 5 nitrogen and oxygen atoms in total. The maximum absolute atomic E-state index is 11.3. The molecule has 102 valence electrons. The number of nitrogens with one attached hydrogen (secondary N) is 1. The maximum atomic E-state index is 11.3. The summed E-state index contributed by atoms with van der Waals surface area (Å²) in [4.78, 5) is 11.2. The third-order valence-electron chi connectivity index (χ3n) is 2.31. The molecule has 0 atom stereocenters. The molecule has 17 heavy (non-hydrogen) atoms. The zero-order valence-electron chi connectivity index (χ0n) is 10.7. The summed E-state index contributed by atoms with van der Waals surface area (Å²) < 4.78 is 26.9. The molecule has 0 aliphatic heterocycles. The van der Waals surface area contributed by atoms with Crippen LogP contribution in [0.5, 0.6) is 0 Å². The number of unbranched alkanes of at least 4 members (excludes halogenated alkanes) is 4. The van der Waals surface area contributed by atoms with Gasteiger partial charge in [-0.05, 0) is 13.5 Å². The average Bonchev–Trinajstić information content (AvgIpc) is 2.25. The lowest BCUT2D eigenvalue weighted by Crippen LogP contribution is -2.23. The Morgan fingerprint density at radius 3 is 2.41 bits per heavy atom. The van der Waals surface area contributed by atoms with Crippen molar-refractivity contribution < 1.29 is 17.4 Å². The van der Waals surface area contributed by atoms with E-state index in [9.17, 15) is 13.2 Å². The van der Waals surface area contributed by atoms with E-state index in [1.807, 2.05) is 0 Å². The highest BCUT2D eigenvalue weighted by Gasteiger charge is 2.15. The van der Waals surface area contributed by atoms with Gasteiger partial charge in [0.25, 0.3) is 0 Å². The summed E-state index contributed by atoms with van der Waals surface area (Å²) in [5.74, 6) is -0.817. The highest BCUT2D eigenvalue weighted by molar-refractivity contribution is 7.87. The first-order chi connectivity index (χ1) is 8.02. The molecule has 0 spiro atoms. The van der Waals surface area contributed by atoms with Crippen LogP contribution in [0.3, 0.4) is 0 Å². The first-order valence-electron chi connectivity index (χ1n) is 6.11. The van der Waals surface area contributed by atoms with E-state index in [1.165, 1.54) is 0 Å². The average molecular weight is 265 g/mol. The predicted molar refractivity (Wildman–Crippen MR) is 67.2 cm³/mol. The molecule has 0 aromatic heterocycles. The van der Waals surface area contributed by atoms with Gasteiger partial charge < -0.3 is 9.50 Å². The molecular weight excluding hydrogens is 242 g/mol. The minimum atomic E-state index is -3.70. The van der Waals surface area contributed by atoms with E-state index in [1.54, 1.807) is 7.05 Å². The number of hydrogen-bond acceptors (Lipinski definition) is 5. The number of carbonyl (C=O) groups is 1. The van der Waals surface area contributed by atoms with Crippen molar-refractivity contribution >= 4 is 16.1 Å². The molecule has 0 amide bonds. The van der Waals surface area contributed by atoms with E-state index in [4.69, 9.17) is 0 Å². The summed E-state index contributed by atoms with van der Waals surface area (Å²) in [7, 11) is -2.06. The van der Waals surface area contributed by atoms with Crippen LogP contribution in [0.4, 0.5) is 0 Å². The van der Waals surface area contributed by atoms with E-state index in [0.717, 1.165) is 25.7 Å². The molecule has 0 aliphatic rings. The lowest BCUT2D eigenvalue weighted by atomic mass is 10.1. The van der Waals surface area contributed by atoms with Crippen molar-refractivity contribution in [3.8, 4) is 0 Å². The fourth-order valence-corrected chi connectivity index (χ4v) is 2.23. The molecular formula is C11H23NO4S. The zero-order valence-corrected chi connectivity index (χ0v) is 11.5. The maximum Gasteiger partial charge on any atom is 0.322 e. The van der Waals surface area contributed by atoms with Gasteiger partial charge in [-0.15, -0.1) is 0 Å². The summed E-state index contributed by atoms with van der Waals surface area (Å²) in [5, 5.41) is 2.69. The Morgan fingerprint density at radius 2 is 1.82 bits per heavy atom. The van der Waals surface area contributed by atoms with Crippen molar-refractivity contribution in [1.29, 1.82) is 0 Å². The highest BCUT2D eigenvalue weighted by atomic mass is 32.2. The van der Waals surface area contributed by atoms with Crippen LogP contribution in [0, 0.1) is 0 Å². The lowest BCUT2D eigenvalue weighted by molar-refractivity contribution is -0.133. The highest BCUT2D eigenvalue weighted by Crippen LogP contribution is 2.07. The van der Waals surface area contributed by atoms with Gasteiger partial charge in [-0.3, -0.25) is 4.79 Å². The van der Waals surface area contributed by atoms with Crippen LogP contribution >= 0.6 is 0 Å². The molecule has 0 rings (SSSR count). The zero-order chi connectivity index (χ0) is 13.1. The summed E-state index contributed by atoms with van der Waals surface area (Å²) in [6.07, 6.45) is 5.19. The Bertz CT molecular complexity index is 301. The molecule has 0 saturated carbocycles. The van der Waals surface area contributed by atoms with E-state index < -0.39 is 16.1 Å². The second-order valence-corrected chi connectivity index (χ2v) is 5.68. The fourth-order valence-electron chi connectivity index (χ4n) is 1.32. The lowest BCUT2D eigenvalue weighted by Gasteiger charge is -2.05. The normalized spacial score (nSPS) is 11.4. The van der Waals surface area contributed by atoms with Crippen LogP contribution < -0.4 is 5.32 Å². The molecule has 0 radical (unpaired) electrons. The first-order valence-corrected chi connectivity index (χ1v) is 7.69. The fraction of sp³-hybridized carbons (Fsp3) is 0.909. The van der Waals surface area contributed by atoms with Crippen molar-refractivity contribution in [2.45, 2.75) is 45.4 Å². The Labute approximate surface area is 104 Å². The van der Waals surface area contributed by atoms with Gasteiger partial charge >= 0.3 is 16.1 Å². The summed E-state index contributed by atoms with van der Waals surface area (Å²) in [5.41, 5.74) is 0. The van der Waals surface area contributed by atoms with Crippen molar-refractivity contribution in [3.05, 3.63) is 0 Å². The molecule has 0 unspecified atom stereocenters. The van der Waals surface area contributed by atoms with Crippen LogP contribution in [-0.2, 0) is 19.1 Å². The summed E-state index contributed by atoms with van der Waals surface area (Å²) >= 11 is 0. The molecule has 0 heterocycles. The van der Waals surface area contributed by atoms with Gasteiger partial charge in [0.05, 0.1) is 5.75 Å². The molecule has 0 bridgehead atoms. The van der Waals surface area contributed by atoms with Crippen molar-refractivity contribution in [2.24, 2.45) is 0 Å². The Morgan fingerprint density at radius 1 is 1.18 bits per heavy atom. The Hall–Kier alpha value is -0.620. The third kappa shape index (κ3) is 10.3. The molecule has 0 aromatic rings. The second kappa shape index (κ2) is 9.41. The number of rotatable bonds is 10. The summed E-state index contributed by atoms with van der Waals surface area (Å²) in [6.45, 7) is 2.40. The van der Waals surface area contributed by atoms with E-state index in [2.05, 4.69) is 16.4 Å². The predicted octanol–water partition coefficient (Wildman–Crippen LogP) is 1.44. The summed E-state index contributed by atoms with van der Waals surface area (Å²) in [6, 6.07) is 0. The number of hydrogen-bond donors (Lipinski definition) is 1. The van der Waals surface area contributed by atoms with E-state index in [0.29, 0.717) is 6.42 Å². The topological polar surface area (TPSA) is 72.5 Å². The SMILES string of the molecule is CCCCCCCC(=O)OS(=O)(=O)CCNC. The van der Waals surface area contributed by atoms with Gasteiger partial charge in [-0.2, -0.15) is 8.42 Å².